The Morgan fingerprint density at radius 1 is 1.38 bits per heavy atom. The van der Waals surface area contributed by atoms with E-state index in [-0.39, 0.29) is 0 Å². The number of hydrogen-bond donors (Lipinski definition) is 0. The van der Waals surface area contributed by atoms with E-state index in [9.17, 15) is 4.79 Å². The molecule has 0 heterocycles. The SMILES string of the molecule is CCC[C]=O.C[C]=O. The molecule has 0 amide bonds. The van der Waals surface area contributed by atoms with E-state index >= 15 is 0 Å². The van der Waals surface area contributed by atoms with Gasteiger partial charge in [-0.15, -0.1) is 0 Å². The van der Waals surface area contributed by atoms with Crippen LogP contribution >= 0.6 is 0 Å². The van der Waals surface area contributed by atoms with Gasteiger partial charge in [0.2, 0.25) is 0 Å². The van der Waals surface area contributed by atoms with Gasteiger partial charge in [-0.05, 0) is 6.42 Å². The number of hydrogen-bond acceptors (Lipinski definition) is 2. The maximum absolute atomic E-state index is 9.28. The highest BCUT2D eigenvalue weighted by Gasteiger charge is 1.69. The molecule has 0 aromatic carbocycles. The van der Waals surface area contributed by atoms with Gasteiger partial charge in [0, 0.05) is 13.3 Å². The topological polar surface area (TPSA) is 34.1 Å². The summed E-state index contributed by atoms with van der Waals surface area (Å²) in [6, 6.07) is 0. The van der Waals surface area contributed by atoms with Crippen LogP contribution < -0.4 is 0 Å². The van der Waals surface area contributed by atoms with Crippen LogP contribution in [0.2, 0.25) is 0 Å². The summed E-state index contributed by atoms with van der Waals surface area (Å²) in [7, 11) is 0. The Bertz CT molecular complexity index is 50.5. The van der Waals surface area contributed by atoms with Gasteiger partial charge in [0.25, 0.3) is 0 Å². The highest BCUT2D eigenvalue weighted by atomic mass is 16.1. The Labute approximate surface area is 49.9 Å². The molecule has 0 saturated carbocycles. The van der Waals surface area contributed by atoms with Crippen molar-refractivity contribution in [3.05, 3.63) is 0 Å². The van der Waals surface area contributed by atoms with Crippen molar-refractivity contribution >= 4 is 12.6 Å². The minimum absolute atomic E-state index is 0.583. The van der Waals surface area contributed by atoms with Gasteiger partial charge in [-0.3, -0.25) is 9.59 Å². The lowest BCUT2D eigenvalue weighted by atomic mass is 10.4. The molecule has 0 saturated heterocycles. The van der Waals surface area contributed by atoms with E-state index < -0.39 is 0 Å². The van der Waals surface area contributed by atoms with Crippen LogP contribution in [0.3, 0.4) is 0 Å². The van der Waals surface area contributed by atoms with Gasteiger partial charge in [-0.1, -0.05) is 6.92 Å². The average molecular weight is 114 g/mol. The molecule has 46 valence electrons. The first kappa shape index (κ1) is 10.3. The molecule has 0 atom stereocenters. The molecule has 0 aromatic rings. The lowest BCUT2D eigenvalue weighted by Crippen LogP contribution is -1.64. The van der Waals surface area contributed by atoms with Gasteiger partial charge in [-0.25, -0.2) is 0 Å². The second-order valence-electron chi connectivity index (χ2n) is 1.10. The Kier molecular flexibility index (Phi) is 21.0. The standard InChI is InChI=1S/C4H7O.C2H3O/c1-2-3-4-5;1-2-3/h2-3H2,1H3;1H3. The second-order valence-corrected chi connectivity index (χ2v) is 1.10. The highest BCUT2D eigenvalue weighted by molar-refractivity contribution is 5.49. The van der Waals surface area contributed by atoms with Crippen LogP contribution in [0.1, 0.15) is 26.7 Å². The molecular weight excluding hydrogens is 104 g/mol. The van der Waals surface area contributed by atoms with Gasteiger partial charge >= 0.3 is 0 Å². The molecular formula is C6H10O2. The van der Waals surface area contributed by atoms with Crippen LogP contribution in [0.15, 0.2) is 0 Å². The molecule has 2 heteroatoms. The van der Waals surface area contributed by atoms with Gasteiger partial charge in [0.15, 0.2) is 12.6 Å². The fourth-order valence-electron chi connectivity index (χ4n) is 0.102. The van der Waals surface area contributed by atoms with Crippen molar-refractivity contribution in [2.45, 2.75) is 26.7 Å². The third-order valence-electron chi connectivity index (χ3n) is 0.352. The lowest BCUT2D eigenvalue weighted by molar-refractivity contribution is 0.550. The average Bonchev–Trinajstić information content (AvgIpc) is 1.71. The van der Waals surface area contributed by atoms with Crippen LogP contribution in [0.5, 0.6) is 0 Å². The summed E-state index contributed by atoms with van der Waals surface area (Å²) in [4.78, 5) is 18.0. The van der Waals surface area contributed by atoms with Gasteiger partial charge in [-0.2, -0.15) is 0 Å². The van der Waals surface area contributed by atoms with Crippen molar-refractivity contribution in [3.63, 3.8) is 0 Å². The molecule has 0 aliphatic carbocycles. The second kappa shape index (κ2) is 16.2. The van der Waals surface area contributed by atoms with E-state index in [1.165, 1.54) is 13.2 Å². The molecule has 0 aliphatic rings. The quantitative estimate of drug-likeness (QED) is 0.537. The zero-order valence-corrected chi connectivity index (χ0v) is 5.23. The van der Waals surface area contributed by atoms with Crippen molar-refractivity contribution < 1.29 is 9.59 Å². The smallest absolute Gasteiger partial charge is 0.198 e. The molecule has 0 N–H and O–H groups in total. The molecule has 2 nitrogen and oxygen atoms in total. The van der Waals surface area contributed by atoms with Gasteiger partial charge in [0.05, 0.1) is 0 Å². The fraction of sp³-hybridized carbons (Fsp3) is 0.667. The summed E-state index contributed by atoms with van der Waals surface area (Å²) in [6.07, 6.45) is 4.77. The maximum Gasteiger partial charge on any atom is 0.198 e. The first-order chi connectivity index (χ1) is 3.83. The van der Waals surface area contributed by atoms with Crippen LogP contribution in [0, 0.1) is 0 Å². The maximum atomic E-state index is 9.28. The van der Waals surface area contributed by atoms with Crippen LogP contribution in [-0.4, -0.2) is 12.6 Å². The van der Waals surface area contributed by atoms with Crippen molar-refractivity contribution in [3.8, 4) is 0 Å². The molecule has 0 spiro atoms. The molecule has 0 fully saturated rings. The lowest BCUT2D eigenvalue weighted by Gasteiger charge is -1.66. The first-order valence-corrected chi connectivity index (χ1v) is 2.47. The molecule has 0 rings (SSSR count). The van der Waals surface area contributed by atoms with Gasteiger partial charge in [0.1, 0.15) is 0 Å². The zero-order chi connectivity index (χ0) is 6.83. The monoisotopic (exact) mass is 114 g/mol. The third-order valence-corrected chi connectivity index (χ3v) is 0.352. The van der Waals surface area contributed by atoms with Crippen LogP contribution in [0.4, 0.5) is 0 Å². The Hall–Kier alpha value is -0.660. The van der Waals surface area contributed by atoms with E-state index in [4.69, 9.17) is 4.79 Å². The minimum atomic E-state index is 0.583. The number of rotatable bonds is 2. The van der Waals surface area contributed by atoms with Crippen LogP contribution in [0.25, 0.3) is 0 Å². The fourth-order valence-corrected chi connectivity index (χ4v) is 0.102. The molecule has 0 aliphatic heterocycles. The van der Waals surface area contributed by atoms with E-state index in [1.54, 1.807) is 6.29 Å². The number of carbonyl (C=O) groups excluding carboxylic acids is 2. The predicted molar refractivity (Wildman–Crippen MR) is 32.0 cm³/mol. The van der Waals surface area contributed by atoms with Crippen molar-refractivity contribution in [1.29, 1.82) is 0 Å². The largest absolute Gasteiger partial charge is 0.291 e. The normalized spacial score (nSPS) is 6.25. The van der Waals surface area contributed by atoms with E-state index in [0.29, 0.717) is 6.42 Å². The molecule has 0 unspecified atom stereocenters. The molecule has 0 bridgehead atoms. The van der Waals surface area contributed by atoms with Crippen molar-refractivity contribution in [2.24, 2.45) is 0 Å². The van der Waals surface area contributed by atoms with Crippen molar-refractivity contribution in [2.75, 3.05) is 0 Å². The van der Waals surface area contributed by atoms with E-state index in [2.05, 4.69) is 0 Å². The summed E-state index contributed by atoms with van der Waals surface area (Å²) in [5, 5.41) is 0. The highest BCUT2D eigenvalue weighted by Crippen LogP contribution is 1.74. The van der Waals surface area contributed by atoms with E-state index in [1.807, 2.05) is 6.92 Å². The van der Waals surface area contributed by atoms with Crippen LogP contribution in [-0.2, 0) is 9.59 Å². The Morgan fingerprint density at radius 2 is 1.75 bits per heavy atom. The molecule has 2 radical (unpaired) electrons. The first-order valence-electron chi connectivity index (χ1n) is 2.47. The summed E-state index contributed by atoms with van der Waals surface area (Å²) >= 11 is 0. The minimum Gasteiger partial charge on any atom is -0.291 e. The Balaban J connectivity index is 0. The summed E-state index contributed by atoms with van der Waals surface area (Å²) < 4.78 is 0. The van der Waals surface area contributed by atoms with E-state index in [0.717, 1.165) is 6.42 Å². The third kappa shape index (κ3) is 56.0. The number of unbranched alkanes of at least 4 members (excludes halogenated alkanes) is 1. The Morgan fingerprint density at radius 3 is 1.75 bits per heavy atom. The summed E-state index contributed by atoms with van der Waals surface area (Å²) in [5.41, 5.74) is 0. The van der Waals surface area contributed by atoms with Gasteiger partial charge < -0.3 is 0 Å². The molecule has 8 heavy (non-hydrogen) atoms. The molecule has 0 aromatic heterocycles. The van der Waals surface area contributed by atoms with Crippen molar-refractivity contribution in [1.82, 2.24) is 0 Å². The summed E-state index contributed by atoms with van der Waals surface area (Å²) in [6.45, 7) is 3.27. The summed E-state index contributed by atoms with van der Waals surface area (Å²) in [5.74, 6) is 0. The predicted octanol–water partition coefficient (Wildman–Crippen LogP) is 1.01. The zero-order valence-electron chi connectivity index (χ0n) is 5.23.